The van der Waals surface area contributed by atoms with Crippen LogP contribution in [-0.4, -0.2) is 81.8 Å². The Morgan fingerprint density at radius 2 is 1.83 bits per heavy atom. The number of halogens is 2. The fraction of sp³-hybridized carbons (Fsp3) is 0.500. The Hall–Kier alpha value is -2.67. The fourth-order valence-corrected chi connectivity index (χ4v) is 6.32. The predicted molar refractivity (Wildman–Crippen MR) is 137 cm³/mol. The van der Waals surface area contributed by atoms with Gasteiger partial charge in [0.05, 0.1) is 17.1 Å². The van der Waals surface area contributed by atoms with E-state index >= 15 is 0 Å². The molecule has 1 aliphatic carbocycles. The molecule has 0 radical (unpaired) electrons. The number of rotatable bonds is 5. The van der Waals surface area contributed by atoms with Crippen LogP contribution in [0.25, 0.3) is 11.3 Å². The summed E-state index contributed by atoms with van der Waals surface area (Å²) in [5, 5.41) is 9.57. The zero-order valence-corrected chi connectivity index (χ0v) is 21.3. The van der Waals surface area contributed by atoms with Crippen molar-refractivity contribution >= 4 is 34.1 Å². The summed E-state index contributed by atoms with van der Waals surface area (Å²) in [5.41, 5.74) is 3.50. The highest BCUT2D eigenvalue weighted by Gasteiger charge is 2.59. The molecule has 1 unspecified atom stereocenters. The van der Waals surface area contributed by atoms with Gasteiger partial charge in [0, 0.05) is 57.7 Å². The van der Waals surface area contributed by atoms with Crippen molar-refractivity contribution in [3.05, 3.63) is 35.9 Å². The van der Waals surface area contributed by atoms with Crippen molar-refractivity contribution in [3.8, 4) is 11.3 Å². The van der Waals surface area contributed by atoms with Gasteiger partial charge in [-0.1, -0.05) is 12.1 Å². The number of pyridine rings is 1. The Bertz CT molecular complexity index is 1190. The van der Waals surface area contributed by atoms with Crippen molar-refractivity contribution in [1.82, 2.24) is 9.88 Å². The first kappa shape index (κ1) is 25.0. The number of aliphatic hydroxyl groups is 1. The number of hydrogen-bond acceptors (Lipinski definition) is 8. The molecule has 12 heteroatoms. The maximum Gasteiger partial charge on any atom is 0.253 e. The normalized spacial score (nSPS) is 23.9. The second-order valence-corrected chi connectivity index (χ2v) is 11.7. The molecule has 2 fully saturated rings. The second-order valence-electron chi connectivity index (χ2n) is 9.74. The van der Waals surface area contributed by atoms with Crippen LogP contribution in [0.1, 0.15) is 18.9 Å². The zero-order chi connectivity index (χ0) is 26.0. The topological polar surface area (TPSA) is 104 Å². The highest BCUT2D eigenvalue weighted by molar-refractivity contribution is 8.26. The number of aromatic nitrogens is 1. The van der Waals surface area contributed by atoms with Crippen LogP contribution in [-0.2, 0) is 4.79 Å². The summed E-state index contributed by atoms with van der Waals surface area (Å²) in [6.07, 6.45) is -1.26. The Morgan fingerprint density at radius 3 is 2.44 bits per heavy atom. The lowest BCUT2D eigenvalue weighted by atomic mass is 10.0. The number of carbonyl (C=O) groups is 1. The number of nitrogens with zero attached hydrogens (tertiary/aromatic N) is 5. The molecule has 9 nitrogen and oxygen atoms in total. The maximum absolute atomic E-state index is 13.6. The molecule has 1 amide bonds. The van der Waals surface area contributed by atoms with Crippen molar-refractivity contribution in [1.29, 1.82) is 0 Å². The molecule has 1 aromatic heterocycles. The monoisotopic (exact) mass is 523 g/mol. The molecule has 2 atom stereocenters. The minimum Gasteiger partial charge on any atom is -0.384 e. The molecule has 5 rings (SSSR count). The Balaban J connectivity index is 1.39. The van der Waals surface area contributed by atoms with Crippen molar-refractivity contribution in [2.45, 2.75) is 32.3 Å². The SMILES string of the molecule is Cc1ccc(N2CCN(C(=O)[C@H](C)O)CC2)nc1-c1ccc2c(c1)N(C)S(O)(O)N2CC1CC1(F)F. The number of hydrogen-bond donors (Lipinski definition) is 3. The summed E-state index contributed by atoms with van der Waals surface area (Å²) in [4.78, 5) is 20.7. The third-order valence-corrected chi connectivity index (χ3v) is 9.09. The molecule has 3 heterocycles. The molecular weight excluding hydrogens is 492 g/mol. The van der Waals surface area contributed by atoms with Crippen molar-refractivity contribution in [3.63, 3.8) is 0 Å². The number of piperazine rings is 1. The third kappa shape index (κ3) is 4.25. The first-order valence-corrected chi connectivity index (χ1v) is 13.4. The number of aliphatic hydroxyl groups excluding tert-OH is 1. The first-order valence-electron chi connectivity index (χ1n) is 11.9. The fourth-order valence-electron chi connectivity index (χ4n) is 4.82. The minimum absolute atomic E-state index is 0.123. The van der Waals surface area contributed by atoms with E-state index in [0.717, 1.165) is 22.6 Å². The third-order valence-electron chi connectivity index (χ3n) is 7.22. The van der Waals surface area contributed by atoms with E-state index in [0.29, 0.717) is 37.6 Å². The van der Waals surface area contributed by atoms with Crippen LogP contribution >= 0.6 is 11.0 Å². The van der Waals surface area contributed by atoms with Crippen LogP contribution in [0, 0.1) is 12.8 Å². The lowest BCUT2D eigenvalue weighted by Gasteiger charge is -2.42. The van der Waals surface area contributed by atoms with Crippen LogP contribution < -0.4 is 13.5 Å². The van der Waals surface area contributed by atoms with Crippen LogP contribution in [0.4, 0.5) is 26.0 Å². The van der Waals surface area contributed by atoms with Gasteiger partial charge in [0.1, 0.15) is 11.9 Å². The van der Waals surface area contributed by atoms with Crippen molar-refractivity contribution in [2.75, 3.05) is 53.3 Å². The van der Waals surface area contributed by atoms with E-state index in [2.05, 4.69) is 4.90 Å². The molecule has 2 aliphatic heterocycles. The molecule has 1 saturated carbocycles. The maximum atomic E-state index is 13.6. The van der Waals surface area contributed by atoms with Gasteiger partial charge in [0.2, 0.25) is 0 Å². The number of carbonyl (C=O) groups excluding carboxylic acids is 1. The Morgan fingerprint density at radius 1 is 1.17 bits per heavy atom. The number of anilines is 3. The van der Waals surface area contributed by atoms with E-state index in [1.165, 1.54) is 15.5 Å². The average molecular weight is 524 g/mol. The van der Waals surface area contributed by atoms with Crippen LogP contribution in [0.15, 0.2) is 30.3 Å². The minimum atomic E-state index is -3.43. The molecule has 2 aromatic rings. The van der Waals surface area contributed by atoms with Gasteiger partial charge in [0.15, 0.2) is 0 Å². The largest absolute Gasteiger partial charge is 0.384 e. The molecule has 36 heavy (non-hydrogen) atoms. The van der Waals surface area contributed by atoms with E-state index in [1.54, 1.807) is 18.0 Å². The van der Waals surface area contributed by atoms with E-state index in [1.807, 2.05) is 31.2 Å². The summed E-state index contributed by atoms with van der Waals surface area (Å²) >= 11 is 0. The summed E-state index contributed by atoms with van der Waals surface area (Å²) < 4.78 is 51.3. The van der Waals surface area contributed by atoms with Crippen molar-refractivity contribution < 1.29 is 27.8 Å². The standard InChI is InChI=1S/C24H31F2N5O4S/c1-15-4-7-21(29-8-10-30(11-9-29)23(33)16(2)32)27-22(15)17-5-6-19-20(12-17)28(3)36(34,35)31(19)14-18-13-24(18,25)26/h4-7,12,16,18,32,34-35H,8-11,13-14H2,1-3H3/t16-,18?/m0/s1. The smallest absolute Gasteiger partial charge is 0.253 e. The summed E-state index contributed by atoms with van der Waals surface area (Å²) in [6.45, 7) is 5.44. The van der Waals surface area contributed by atoms with Gasteiger partial charge in [-0.3, -0.25) is 22.5 Å². The molecule has 196 valence electrons. The van der Waals surface area contributed by atoms with E-state index < -0.39 is 28.9 Å². The van der Waals surface area contributed by atoms with Crippen LogP contribution in [0.5, 0.6) is 0 Å². The van der Waals surface area contributed by atoms with Crippen LogP contribution in [0.2, 0.25) is 0 Å². The number of amides is 1. The van der Waals surface area contributed by atoms with Gasteiger partial charge in [-0.15, -0.1) is 0 Å². The highest BCUT2D eigenvalue weighted by Crippen LogP contribution is 2.63. The van der Waals surface area contributed by atoms with E-state index in [4.69, 9.17) is 4.98 Å². The summed E-state index contributed by atoms with van der Waals surface area (Å²) in [7, 11) is -1.88. The number of alkyl halides is 2. The number of fused-ring (bicyclic) bond motifs is 1. The van der Waals surface area contributed by atoms with Gasteiger partial charge < -0.3 is 14.9 Å². The molecule has 0 spiro atoms. The molecule has 0 bridgehead atoms. The average Bonchev–Trinajstić information content (AvgIpc) is 3.41. The van der Waals surface area contributed by atoms with E-state index in [-0.39, 0.29) is 18.9 Å². The molecule has 3 aliphatic rings. The highest BCUT2D eigenvalue weighted by atomic mass is 32.3. The number of aryl methyl sites for hydroxylation is 1. The van der Waals surface area contributed by atoms with Gasteiger partial charge in [0.25, 0.3) is 11.8 Å². The molecule has 1 aromatic carbocycles. The second kappa shape index (κ2) is 8.72. The lowest BCUT2D eigenvalue weighted by Crippen LogP contribution is -2.51. The Kier molecular flexibility index (Phi) is 6.05. The first-order chi connectivity index (χ1) is 16.9. The van der Waals surface area contributed by atoms with E-state index in [9.17, 15) is 27.8 Å². The van der Waals surface area contributed by atoms with Gasteiger partial charge in [-0.25, -0.2) is 13.8 Å². The number of benzene rings is 1. The predicted octanol–water partition coefficient (Wildman–Crippen LogP) is 3.58. The summed E-state index contributed by atoms with van der Waals surface area (Å²) in [6, 6.07) is 9.27. The molecule has 1 saturated heterocycles. The molecule has 3 N–H and O–H groups in total. The van der Waals surface area contributed by atoms with Gasteiger partial charge in [-0.05, 0) is 48.6 Å². The Labute approximate surface area is 210 Å². The molecular formula is C24H31F2N5O4S. The van der Waals surface area contributed by atoms with Crippen molar-refractivity contribution in [2.24, 2.45) is 5.92 Å². The van der Waals surface area contributed by atoms with Gasteiger partial charge in [-0.2, -0.15) is 0 Å². The zero-order valence-electron chi connectivity index (χ0n) is 20.4. The summed E-state index contributed by atoms with van der Waals surface area (Å²) in [5.74, 6) is -3.16. The van der Waals surface area contributed by atoms with Gasteiger partial charge >= 0.3 is 0 Å². The van der Waals surface area contributed by atoms with Crippen LogP contribution in [0.3, 0.4) is 0 Å². The lowest BCUT2D eigenvalue weighted by molar-refractivity contribution is -0.139. The quantitative estimate of drug-likeness (QED) is 0.547.